The van der Waals surface area contributed by atoms with Crippen molar-refractivity contribution in [3.63, 3.8) is 0 Å². The third kappa shape index (κ3) is 4.33. The lowest BCUT2D eigenvalue weighted by Gasteiger charge is -2.24. The lowest BCUT2D eigenvalue weighted by atomic mass is 10.0. The average Bonchev–Trinajstić information content (AvgIpc) is 2.53. The molecule has 0 aromatic heterocycles. The summed E-state index contributed by atoms with van der Waals surface area (Å²) >= 11 is 0. The number of rotatable bonds is 6. The zero-order valence-corrected chi connectivity index (χ0v) is 12.8. The highest BCUT2D eigenvalue weighted by atomic mass is 16.5. The first-order valence-electron chi connectivity index (χ1n) is 7.33. The van der Waals surface area contributed by atoms with Crippen molar-refractivity contribution in [3.05, 3.63) is 66.2 Å². The van der Waals surface area contributed by atoms with Crippen LogP contribution in [0.1, 0.15) is 25.5 Å². The fourth-order valence-electron chi connectivity index (χ4n) is 2.11. The van der Waals surface area contributed by atoms with Crippen molar-refractivity contribution < 1.29 is 14.6 Å². The van der Waals surface area contributed by atoms with Gasteiger partial charge in [0, 0.05) is 6.04 Å². The summed E-state index contributed by atoms with van der Waals surface area (Å²) in [7, 11) is 0. The van der Waals surface area contributed by atoms with Crippen LogP contribution in [0.15, 0.2) is 60.7 Å². The van der Waals surface area contributed by atoms with E-state index in [2.05, 4.69) is 5.32 Å². The summed E-state index contributed by atoms with van der Waals surface area (Å²) in [5, 5.41) is 13.1. The number of aliphatic hydroxyl groups is 1. The molecule has 4 nitrogen and oxygen atoms in total. The Morgan fingerprint density at radius 2 is 1.55 bits per heavy atom. The van der Waals surface area contributed by atoms with E-state index in [4.69, 9.17) is 4.74 Å². The number of para-hydroxylation sites is 1. The molecule has 0 aliphatic rings. The Morgan fingerprint density at radius 1 is 1.00 bits per heavy atom. The molecule has 2 rings (SSSR count). The maximum atomic E-state index is 12.1. The molecule has 0 aliphatic carbocycles. The van der Waals surface area contributed by atoms with Crippen LogP contribution in [0.5, 0.6) is 5.75 Å². The monoisotopic (exact) mass is 299 g/mol. The minimum atomic E-state index is -1.29. The highest BCUT2D eigenvalue weighted by molar-refractivity contribution is 5.81. The summed E-state index contributed by atoms with van der Waals surface area (Å²) in [5.74, 6) is 0.160. The zero-order chi connectivity index (χ0) is 15.9. The van der Waals surface area contributed by atoms with Gasteiger partial charge in [-0.1, -0.05) is 48.5 Å². The number of hydrogen-bond donors (Lipinski definition) is 2. The lowest BCUT2D eigenvalue weighted by Crippen LogP contribution is -2.43. The van der Waals surface area contributed by atoms with E-state index in [1.165, 1.54) is 0 Å². The van der Waals surface area contributed by atoms with Crippen LogP contribution in [0.3, 0.4) is 0 Å². The van der Waals surface area contributed by atoms with Gasteiger partial charge in [-0.3, -0.25) is 4.79 Å². The van der Waals surface area contributed by atoms with Crippen molar-refractivity contribution in [3.8, 4) is 5.75 Å². The van der Waals surface area contributed by atoms with Gasteiger partial charge in [-0.2, -0.15) is 0 Å². The molecule has 0 saturated carbocycles. The fraction of sp³-hybridized carbons (Fsp3) is 0.278. The molecule has 2 aromatic rings. The highest BCUT2D eigenvalue weighted by Crippen LogP contribution is 2.25. The quantitative estimate of drug-likeness (QED) is 0.862. The fourth-order valence-corrected chi connectivity index (χ4v) is 2.11. The second-order valence-corrected chi connectivity index (χ2v) is 5.37. The van der Waals surface area contributed by atoms with E-state index in [-0.39, 0.29) is 6.04 Å². The number of aliphatic hydroxyl groups excluding tert-OH is 1. The molecule has 2 atom stereocenters. The van der Waals surface area contributed by atoms with E-state index in [9.17, 15) is 9.90 Å². The Morgan fingerprint density at radius 3 is 2.09 bits per heavy atom. The minimum absolute atomic E-state index is 0.0460. The van der Waals surface area contributed by atoms with Gasteiger partial charge in [0.2, 0.25) is 0 Å². The standard InChI is InChI=1S/C18H21NO3/c1-13(2)19-18(21)16(20)17(14-9-5-3-6-10-14)22-15-11-7-4-8-12-15/h3-13,16-17,20H,1-2H3,(H,19,21). The van der Waals surface area contributed by atoms with Gasteiger partial charge >= 0.3 is 0 Å². The van der Waals surface area contributed by atoms with Crippen LogP contribution >= 0.6 is 0 Å². The number of hydrogen-bond acceptors (Lipinski definition) is 3. The predicted octanol–water partition coefficient (Wildman–Crippen LogP) is 2.69. The van der Waals surface area contributed by atoms with Gasteiger partial charge in [-0.05, 0) is 31.5 Å². The number of amides is 1. The maximum absolute atomic E-state index is 12.1. The lowest BCUT2D eigenvalue weighted by molar-refractivity contribution is -0.134. The Bertz CT molecular complexity index is 584. The van der Waals surface area contributed by atoms with Crippen molar-refractivity contribution in [2.24, 2.45) is 0 Å². The number of benzene rings is 2. The second-order valence-electron chi connectivity index (χ2n) is 5.37. The van der Waals surface area contributed by atoms with Crippen LogP contribution in [-0.4, -0.2) is 23.2 Å². The average molecular weight is 299 g/mol. The maximum Gasteiger partial charge on any atom is 0.253 e. The minimum Gasteiger partial charge on any atom is -0.482 e. The van der Waals surface area contributed by atoms with Crippen LogP contribution in [0, 0.1) is 0 Å². The first kappa shape index (κ1) is 16.0. The zero-order valence-electron chi connectivity index (χ0n) is 12.8. The van der Waals surface area contributed by atoms with Crippen molar-refractivity contribution in [1.29, 1.82) is 0 Å². The van der Waals surface area contributed by atoms with E-state index in [0.29, 0.717) is 5.75 Å². The van der Waals surface area contributed by atoms with E-state index >= 15 is 0 Å². The van der Waals surface area contributed by atoms with Crippen LogP contribution in [0.4, 0.5) is 0 Å². The molecule has 22 heavy (non-hydrogen) atoms. The molecule has 0 aliphatic heterocycles. The molecule has 116 valence electrons. The molecular weight excluding hydrogens is 278 g/mol. The van der Waals surface area contributed by atoms with Crippen molar-refractivity contribution >= 4 is 5.91 Å². The molecule has 0 radical (unpaired) electrons. The first-order valence-corrected chi connectivity index (χ1v) is 7.33. The van der Waals surface area contributed by atoms with Crippen molar-refractivity contribution in [2.75, 3.05) is 0 Å². The third-order valence-electron chi connectivity index (χ3n) is 3.12. The molecule has 2 aromatic carbocycles. The van der Waals surface area contributed by atoms with Crippen molar-refractivity contribution in [1.82, 2.24) is 5.32 Å². The molecule has 0 spiro atoms. The van der Waals surface area contributed by atoms with Gasteiger partial charge in [-0.25, -0.2) is 0 Å². The van der Waals surface area contributed by atoms with Gasteiger partial charge in [0.05, 0.1) is 0 Å². The Balaban J connectivity index is 2.23. The summed E-state index contributed by atoms with van der Waals surface area (Å²) in [6.07, 6.45) is -2.05. The molecule has 4 heteroatoms. The molecule has 0 saturated heterocycles. The molecule has 0 heterocycles. The highest BCUT2D eigenvalue weighted by Gasteiger charge is 2.29. The van der Waals surface area contributed by atoms with Gasteiger partial charge in [0.25, 0.3) is 5.91 Å². The molecular formula is C18H21NO3. The van der Waals surface area contributed by atoms with Gasteiger partial charge < -0.3 is 15.2 Å². The normalized spacial score (nSPS) is 13.5. The molecule has 2 unspecified atom stereocenters. The SMILES string of the molecule is CC(C)NC(=O)C(O)C(Oc1ccccc1)c1ccccc1. The second kappa shape index (κ2) is 7.61. The summed E-state index contributed by atoms with van der Waals surface area (Å²) in [4.78, 5) is 12.1. The smallest absolute Gasteiger partial charge is 0.253 e. The van der Waals surface area contributed by atoms with Crippen LogP contribution in [0.2, 0.25) is 0 Å². The van der Waals surface area contributed by atoms with E-state index in [0.717, 1.165) is 5.56 Å². The molecule has 0 fully saturated rings. The number of nitrogens with one attached hydrogen (secondary N) is 1. The molecule has 2 N–H and O–H groups in total. The van der Waals surface area contributed by atoms with Crippen LogP contribution < -0.4 is 10.1 Å². The number of ether oxygens (including phenoxy) is 1. The summed E-state index contributed by atoms with van der Waals surface area (Å²) < 4.78 is 5.85. The van der Waals surface area contributed by atoms with Crippen LogP contribution in [-0.2, 0) is 4.79 Å². The van der Waals surface area contributed by atoms with Gasteiger partial charge in [0.1, 0.15) is 5.75 Å². The summed E-state index contributed by atoms with van der Waals surface area (Å²) in [6.45, 7) is 3.69. The van der Waals surface area contributed by atoms with Crippen molar-refractivity contribution in [2.45, 2.75) is 32.1 Å². The third-order valence-corrected chi connectivity index (χ3v) is 3.12. The topological polar surface area (TPSA) is 58.6 Å². The predicted molar refractivity (Wildman–Crippen MR) is 85.5 cm³/mol. The Labute approximate surface area is 130 Å². The van der Waals surface area contributed by atoms with Gasteiger partial charge in [0.15, 0.2) is 12.2 Å². The molecule has 0 bridgehead atoms. The van der Waals surface area contributed by atoms with E-state index < -0.39 is 18.1 Å². The first-order chi connectivity index (χ1) is 10.6. The van der Waals surface area contributed by atoms with E-state index in [1.54, 1.807) is 12.1 Å². The summed E-state index contributed by atoms with van der Waals surface area (Å²) in [5.41, 5.74) is 0.748. The largest absolute Gasteiger partial charge is 0.482 e. The molecule has 1 amide bonds. The Hall–Kier alpha value is -2.33. The van der Waals surface area contributed by atoms with E-state index in [1.807, 2.05) is 62.4 Å². The number of carbonyl (C=O) groups excluding carboxylic acids is 1. The van der Waals surface area contributed by atoms with Crippen LogP contribution in [0.25, 0.3) is 0 Å². The number of carbonyl (C=O) groups is 1. The summed E-state index contributed by atoms with van der Waals surface area (Å²) in [6, 6.07) is 18.4. The van der Waals surface area contributed by atoms with Gasteiger partial charge in [-0.15, -0.1) is 0 Å². The Kier molecular flexibility index (Phi) is 5.55.